The molecule has 28 heavy (non-hydrogen) atoms. The summed E-state index contributed by atoms with van der Waals surface area (Å²) in [5.74, 6) is -1.01. The van der Waals surface area contributed by atoms with E-state index in [1.165, 1.54) is 0 Å². The van der Waals surface area contributed by atoms with Crippen molar-refractivity contribution in [3.8, 4) is 5.75 Å². The first-order valence-corrected chi connectivity index (χ1v) is 8.89. The Balaban J connectivity index is 1.88. The van der Waals surface area contributed by atoms with Crippen molar-refractivity contribution in [1.82, 2.24) is 5.32 Å². The van der Waals surface area contributed by atoms with Crippen LogP contribution in [0.25, 0.3) is 0 Å². The van der Waals surface area contributed by atoms with Crippen LogP contribution in [0, 0.1) is 0 Å². The molecule has 0 atom stereocenters. The summed E-state index contributed by atoms with van der Waals surface area (Å²) in [6, 6.07) is 13.2. The van der Waals surface area contributed by atoms with Crippen LogP contribution in [0.1, 0.15) is 36.7 Å². The molecule has 7 heteroatoms. The number of carboxylic acids is 1. The Kier molecular flexibility index (Phi) is 6.76. The standard InChI is InChI=1S/C21H24N2O5/c1-4-28-17-11-5-14(6-12-17)19(25)22-13-18(24)23-16-9-7-15(8-10-16)21(2,3)20(26)27/h5-12H,4,13H2,1-3H3,(H,22,25)(H,23,24)(H,26,27). The van der Waals surface area contributed by atoms with E-state index in [9.17, 15) is 19.5 Å². The molecule has 0 saturated heterocycles. The Bertz CT molecular complexity index is 842. The fourth-order valence-electron chi connectivity index (χ4n) is 2.43. The highest BCUT2D eigenvalue weighted by atomic mass is 16.5. The molecule has 3 N–H and O–H groups in total. The van der Waals surface area contributed by atoms with Crippen molar-refractivity contribution in [2.75, 3.05) is 18.5 Å². The van der Waals surface area contributed by atoms with Crippen LogP contribution in [-0.2, 0) is 15.0 Å². The number of hydrogen-bond donors (Lipinski definition) is 3. The molecule has 0 fully saturated rings. The number of rotatable bonds is 8. The zero-order valence-electron chi connectivity index (χ0n) is 16.1. The van der Waals surface area contributed by atoms with Gasteiger partial charge in [-0.1, -0.05) is 12.1 Å². The molecule has 0 saturated carbocycles. The molecule has 0 radical (unpaired) electrons. The Morgan fingerprint density at radius 3 is 2.14 bits per heavy atom. The maximum absolute atomic E-state index is 12.1. The van der Waals surface area contributed by atoms with Gasteiger partial charge in [0.2, 0.25) is 5.91 Å². The predicted molar refractivity (Wildman–Crippen MR) is 106 cm³/mol. The van der Waals surface area contributed by atoms with E-state index >= 15 is 0 Å². The molecular weight excluding hydrogens is 360 g/mol. The van der Waals surface area contributed by atoms with Crippen molar-refractivity contribution in [1.29, 1.82) is 0 Å². The third kappa shape index (κ3) is 5.33. The number of carbonyl (C=O) groups excluding carboxylic acids is 2. The van der Waals surface area contributed by atoms with Crippen LogP contribution in [0.15, 0.2) is 48.5 Å². The van der Waals surface area contributed by atoms with Crippen molar-refractivity contribution in [2.24, 2.45) is 0 Å². The second kappa shape index (κ2) is 9.03. The van der Waals surface area contributed by atoms with Gasteiger partial charge >= 0.3 is 5.97 Å². The number of carbonyl (C=O) groups is 3. The van der Waals surface area contributed by atoms with Gasteiger partial charge in [0.1, 0.15) is 5.75 Å². The molecular formula is C21H24N2O5. The second-order valence-electron chi connectivity index (χ2n) is 6.70. The first-order chi connectivity index (χ1) is 13.2. The second-order valence-corrected chi connectivity index (χ2v) is 6.70. The molecule has 2 amide bonds. The van der Waals surface area contributed by atoms with Crippen molar-refractivity contribution < 1.29 is 24.2 Å². The number of hydrogen-bond acceptors (Lipinski definition) is 4. The van der Waals surface area contributed by atoms with E-state index in [0.29, 0.717) is 29.2 Å². The highest BCUT2D eigenvalue weighted by Crippen LogP contribution is 2.24. The number of anilines is 1. The van der Waals surface area contributed by atoms with Crippen LogP contribution in [0.2, 0.25) is 0 Å². The van der Waals surface area contributed by atoms with E-state index in [1.54, 1.807) is 62.4 Å². The molecule has 7 nitrogen and oxygen atoms in total. The van der Waals surface area contributed by atoms with Gasteiger partial charge in [0.25, 0.3) is 5.91 Å². The molecule has 0 aliphatic rings. The first kappa shape index (κ1) is 21.0. The van der Waals surface area contributed by atoms with Crippen LogP contribution >= 0.6 is 0 Å². The molecule has 2 aromatic rings. The fourth-order valence-corrected chi connectivity index (χ4v) is 2.43. The van der Waals surface area contributed by atoms with Crippen molar-refractivity contribution in [2.45, 2.75) is 26.2 Å². The van der Waals surface area contributed by atoms with Gasteiger partial charge in [0.05, 0.1) is 18.6 Å². The lowest BCUT2D eigenvalue weighted by molar-refractivity contribution is -0.142. The summed E-state index contributed by atoms with van der Waals surface area (Å²) in [6.07, 6.45) is 0. The maximum Gasteiger partial charge on any atom is 0.313 e. The van der Waals surface area contributed by atoms with Crippen LogP contribution in [0.5, 0.6) is 5.75 Å². The third-order valence-corrected chi connectivity index (χ3v) is 4.26. The topological polar surface area (TPSA) is 105 Å². The summed E-state index contributed by atoms with van der Waals surface area (Å²) in [4.78, 5) is 35.4. The van der Waals surface area contributed by atoms with E-state index < -0.39 is 11.4 Å². The Morgan fingerprint density at radius 1 is 1.00 bits per heavy atom. The minimum absolute atomic E-state index is 0.186. The molecule has 0 bridgehead atoms. The van der Waals surface area contributed by atoms with Crippen LogP contribution in [0.3, 0.4) is 0 Å². The van der Waals surface area contributed by atoms with E-state index in [2.05, 4.69) is 10.6 Å². The van der Waals surface area contributed by atoms with Crippen LogP contribution in [-0.4, -0.2) is 36.0 Å². The monoisotopic (exact) mass is 384 g/mol. The highest BCUT2D eigenvalue weighted by Gasteiger charge is 2.29. The van der Waals surface area contributed by atoms with Crippen LogP contribution < -0.4 is 15.4 Å². The molecule has 0 aliphatic carbocycles. The maximum atomic E-state index is 12.1. The summed E-state index contributed by atoms with van der Waals surface area (Å²) < 4.78 is 5.32. The summed E-state index contributed by atoms with van der Waals surface area (Å²) >= 11 is 0. The Morgan fingerprint density at radius 2 is 1.61 bits per heavy atom. The number of amides is 2. The van der Waals surface area contributed by atoms with E-state index in [-0.39, 0.29) is 18.4 Å². The summed E-state index contributed by atoms with van der Waals surface area (Å²) in [7, 11) is 0. The zero-order chi connectivity index (χ0) is 20.7. The normalized spacial score (nSPS) is 10.8. The average molecular weight is 384 g/mol. The highest BCUT2D eigenvalue weighted by molar-refractivity contribution is 5.99. The predicted octanol–water partition coefficient (Wildman–Crippen LogP) is 2.82. The van der Waals surface area contributed by atoms with Crippen LogP contribution in [0.4, 0.5) is 5.69 Å². The minimum Gasteiger partial charge on any atom is -0.494 e. The van der Waals surface area contributed by atoms with Gasteiger partial charge in [-0.3, -0.25) is 14.4 Å². The average Bonchev–Trinajstić information content (AvgIpc) is 2.67. The number of nitrogens with one attached hydrogen (secondary N) is 2. The molecule has 148 valence electrons. The summed E-state index contributed by atoms with van der Waals surface area (Å²) in [6.45, 7) is 5.45. The molecule has 0 unspecified atom stereocenters. The van der Waals surface area contributed by atoms with Crippen molar-refractivity contribution in [3.05, 3.63) is 59.7 Å². The van der Waals surface area contributed by atoms with Crippen molar-refractivity contribution in [3.63, 3.8) is 0 Å². The van der Waals surface area contributed by atoms with Gasteiger partial charge in [-0.2, -0.15) is 0 Å². The zero-order valence-corrected chi connectivity index (χ0v) is 16.1. The molecule has 2 rings (SSSR count). The van der Waals surface area contributed by atoms with E-state index in [4.69, 9.17) is 4.74 Å². The summed E-state index contributed by atoms with van der Waals surface area (Å²) in [5, 5.41) is 14.5. The number of aliphatic carboxylic acids is 1. The largest absolute Gasteiger partial charge is 0.494 e. The van der Waals surface area contributed by atoms with Gasteiger partial charge in [-0.25, -0.2) is 0 Å². The number of carboxylic acid groups (broad SMARTS) is 1. The first-order valence-electron chi connectivity index (χ1n) is 8.89. The summed E-state index contributed by atoms with van der Waals surface area (Å²) in [5.41, 5.74) is 0.553. The Hall–Kier alpha value is -3.35. The van der Waals surface area contributed by atoms with Gasteiger partial charge < -0.3 is 20.5 Å². The molecule has 0 spiro atoms. The quantitative estimate of drug-likeness (QED) is 0.649. The molecule has 0 heterocycles. The molecule has 0 aromatic heterocycles. The van der Waals surface area contributed by atoms with Gasteiger partial charge in [-0.05, 0) is 62.7 Å². The van der Waals surface area contributed by atoms with Crippen molar-refractivity contribution >= 4 is 23.5 Å². The van der Waals surface area contributed by atoms with Gasteiger partial charge in [0, 0.05) is 11.3 Å². The number of benzene rings is 2. The number of ether oxygens (including phenoxy) is 1. The molecule has 0 aliphatic heterocycles. The third-order valence-electron chi connectivity index (χ3n) is 4.26. The van der Waals surface area contributed by atoms with Gasteiger partial charge in [-0.15, -0.1) is 0 Å². The SMILES string of the molecule is CCOc1ccc(C(=O)NCC(=O)Nc2ccc(C(C)(C)C(=O)O)cc2)cc1. The fraction of sp³-hybridized carbons (Fsp3) is 0.286. The Labute approximate surface area is 163 Å². The van der Waals surface area contributed by atoms with E-state index in [0.717, 1.165) is 0 Å². The lowest BCUT2D eigenvalue weighted by Gasteiger charge is -2.19. The lowest BCUT2D eigenvalue weighted by atomic mass is 9.85. The van der Waals surface area contributed by atoms with Gasteiger partial charge in [0.15, 0.2) is 0 Å². The lowest BCUT2D eigenvalue weighted by Crippen LogP contribution is -2.32. The molecule has 2 aromatic carbocycles. The van der Waals surface area contributed by atoms with E-state index in [1.807, 2.05) is 6.92 Å². The smallest absolute Gasteiger partial charge is 0.313 e. The minimum atomic E-state index is -1.02.